The molecule has 1 aliphatic heterocycles. The Labute approximate surface area is 215 Å². The van der Waals surface area contributed by atoms with Gasteiger partial charge < -0.3 is 10.6 Å². The van der Waals surface area contributed by atoms with Gasteiger partial charge in [-0.2, -0.15) is 0 Å². The summed E-state index contributed by atoms with van der Waals surface area (Å²) in [5.41, 5.74) is 4.31. The van der Waals surface area contributed by atoms with Crippen molar-refractivity contribution < 1.29 is 18.0 Å². The molecule has 0 fully saturated rings. The van der Waals surface area contributed by atoms with Gasteiger partial charge in [-0.05, 0) is 42.8 Å². The van der Waals surface area contributed by atoms with Gasteiger partial charge in [-0.3, -0.25) is 13.9 Å². The fourth-order valence-corrected chi connectivity index (χ4v) is 6.05. The van der Waals surface area contributed by atoms with Crippen LogP contribution in [0.3, 0.4) is 0 Å². The molecule has 0 aromatic heterocycles. The van der Waals surface area contributed by atoms with Crippen LogP contribution in [-0.4, -0.2) is 26.8 Å². The Kier molecular flexibility index (Phi) is 6.50. The first kappa shape index (κ1) is 24.3. The average molecular weight is 512 g/mol. The highest BCUT2D eigenvalue weighted by Crippen LogP contribution is 2.43. The molecular formula is C29H25N3O4S. The van der Waals surface area contributed by atoms with Crippen LogP contribution in [-0.2, 0) is 21.4 Å². The van der Waals surface area contributed by atoms with Crippen molar-refractivity contribution in [2.24, 2.45) is 0 Å². The van der Waals surface area contributed by atoms with Crippen molar-refractivity contribution in [3.8, 4) is 11.1 Å². The first-order valence-corrected chi connectivity index (χ1v) is 13.2. The molecule has 2 N–H and O–H groups in total. The number of amides is 2. The minimum absolute atomic E-state index is 0.154. The molecule has 4 aromatic carbocycles. The van der Waals surface area contributed by atoms with E-state index in [1.807, 2.05) is 49.4 Å². The lowest BCUT2D eigenvalue weighted by Gasteiger charge is -2.32. The van der Waals surface area contributed by atoms with Crippen LogP contribution < -0.4 is 14.9 Å². The summed E-state index contributed by atoms with van der Waals surface area (Å²) in [6.07, 6.45) is 0. The van der Waals surface area contributed by atoms with Gasteiger partial charge in [0.05, 0.1) is 21.8 Å². The molecule has 8 heteroatoms. The Bertz CT molecular complexity index is 1600. The molecule has 5 rings (SSSR count). The molecule has 2 amide bonds. The van der Waals surface area contributed by atoms with Crippen molar-refractivity contribution in [2.75, 3.05) is 16.2 Å². The Morgan fingerprint density at radius 2 is 1.51 bits per heavy atom. The van der Waals surface area contributed by atoms with E-state index in [0.717, 1.165) is 21.0 Å². The number of aryl methyl sites for hydroxylation is 1. The van der Waals surface area contributed by atoms with E-state index < -0.39 is 22.5 Å². The summed E-state index contributed by atoms with van der Waals surface area (Å²) in [5.74, 6) is -0.905. The van der Waals surface area contributed by atoms with Crippen LogP contribution in [0.25, 0.3) is 11.1 Å². The van der Waals surface area contributed by atoms with Gasteiger partial charge in [0.2, 0.25) is 5.91 Å². The summed E-state index contributed by atoms with van der Waals surface area (Å²) >= 11 is 0. The number of carbonyl (C=O) groups excluding carboxylic acids is 2. The van der Waals surface area contributed by atoms with Crippen molar-refractivity contribution in [2.45, 2.75) is 18.4 Å². The molecule has 1 heterocycles. The third kappa shape index (κ3) is 4.83. The molecule has 0 atom stereocenters. The smallest absolute Gasteiger partial charge is 0.265 e. The summed E-state index contributed by atoms with van der Waals surface area (Å²) < 4.78 is 28.2. The van der Waals surface area contributed by atoms with Crippen molar-refractivity contribution in [3.63, 3.8) is 0 Å². The van der Waals surface area contributed by atoms with Crippen molar-refractivity contribution in [1.29, 1.82) is 0 Å². The highest BCUT2D eigenvalue weighted by atomic mass is 32.2. The SMILES string of the molecule is Cc1ccc2c(c1)-c1ccccc1S(=O)(=O)N2CC(=O)Nc1ccccc1C(=O)NCc1ccccc1. The number of carbonyl (C=O) groups is 2. The zero-order valence-electron chi connectivity index (χ0n) is 20.1. The maximum absolute atomic E-state index is 13.5. The molecule has 0 unspecified atom stereocenters. The molecule has 0 aliphatic carbocycles. The van der Waals surface area contributed by atoms with Crippen LogP contribution in [0.4, 0.5) is 11.4 Å². The molecule has 186 valence electrons. The van der Waals surface area contributed by atoms with Crippen LogP contribution in [0.2, 0.25) is 0 Å². The standard InChI is InChI=1S/C29H25N3O4S/c1-20-15-16-26-24(17-20)22-11-6-8-14-27(22)37(35,36)32(26)19-28(33)31-25-13-7-5-12-23(25)29(34)30-18-21-9-3-2-4-10-21/h2-17H,18-19H2,1H3,(H,30,34)(H,31,33). The topological polar surface area (TPSA) is 95.6 Å². The van der Waals surface area contributed by atoms with Gasteiger partial charge in [0, 0.05) is 17.7 Å². The fraction of sp³-hybridized carbons (Fsp3) is 0.103. The maximum atomic E-state index is 13.5. The zero-order chi connectivity index (χ0) is 26.0. The van der Waals surface area contributed by atoms with Crippen molar-refractivity contribution in [1.82, 2.24) is 5.32 Å². The predicted molar refractivity (Wildman–Crippen MR) is 144 cm³/mol. The van der Waals surface area contributed by atoms with E-state index in [4.69, 9.17) is 0 Å². The summed E-state index contributed by atoms with van der Waals surface area (Å²) in [4.78, 5) is 26.2. The van der Waals surface area contributed by atoms with E-state index in [-0.39, 0.29) is 16.4 Å². The summed E-state index contributed by atoms with van der Waals surface area (Å²) in [6, 6.07) is 28.4. The molecule has 4 aromatic rings. The molecule has 0 bridgehead atoms. The number of hydrogen-bond donors (Lipinski definition) is 2. The Morgan fingerprint density at radius 3 is 2.32 bits per heavy atom. The molecule has 37 heavy (non-hydrogen) atoms. The van der Waals surface area contributed by atoms with E-state index in [0.29, 0.717) is 23.5 Å². The van der Waals surface area contributed by atoms with E-state index in [1.54, 1.807) is 54.6 Å². The minimum Gasteiger partial charge on any atom is -0.348 e. The van der Waals surface area contributed by atoms with E-state index in [9.17, 15) is 18.0 Å². The largest absolute Gasteiger partial charge is 0.348 e. The number of sulfonamides is 1. The summed E-state index contributed by atoms with van der Waals surface area (Å²) in [6.45, 7) is 1.83. The van der Waals surface area contributed by atoms with Crippen LogP contribution in [0.15, 0.2) is 102 Å². The van der Waals surface area contributed by atoms with Crippen LogP contribution in [0.1, 0.15) is 21.5 Å². The number of fused-ring (bicyclic) bond motifs is 3. The van der Waals surface area contributed by atoms with E-state index >= 15 is 0 Å². The van der Waals surface area contributed by atoms with Gasteiger partial charge in [-0.15, -0.1) is 0 Å². The molecule has 0 saturated heterocycles. The Balaban J connectivity index is 1.38. The highest BCUT2D eigenvalue weighted by molar-refractivity contribution is 7.93. The van der Waals surface area contributed by atoms with Gasteiger partial charge in [-0.25, -0.2) is 8.42 Å². The van der Waals surface area contributed by atoms with Gasteiger partial charge >= 0.3 is 0 Å². The lowest BCUT2D eigenvalue weighted by atomic mass is 10.0. The van der Waals surface area contributed by atoms with Crippen LogP contribution in [0.5, 0.6) is 0 Å². The maximum Gasteiger partial charge on any atom is 0.265 e. The third-order valence-electron chi connectivity index (χ3n) is 6.19. The number of anilines is 2. The molecular weight excluding hydrogens is 486 g/mol. The zero-order valence-corrected chi connectivity index (χ0v) is 21.0. The fourth-order valence-electron chi connectivity index (χ4n) is 4.40. The first-order valence-electron chi connectivity index (χ1n) is 11.8. The second-order valence-corrected chi connectivity index (χ2v) is 10.6. The van der Waals surface area contributed by atoms with Crippen LogP contribution >= 0.6 is 0 Å². The third-order valence-corrected chi connectivity index (χ3v) is 8.01. The van der Waals surface area contributed by atoms with Gasteiger partial charge in [-0.1, -0.05) is 72.3 Å². The number of nitrogens with zero attached hydrogens (tertiary/aromatic N) is 1. The Hall–Kier alpha value is -4.43. The average Bonchev–Trinajstić information content (AvgIpc) is 2.91. The predicted octanol–water partition coefficient (Wildman–Crippen LogP) is 4.74. The molecule has 0 saturated carbocycles. The molecule has 7 nitrogen and oxygen atoms in total. The number of benzene rings is 4. The number of hydrogen-bond acceptors (Lipinski definition) is 4. The lowest BCUT2D eigenvalue weighted by Crippen LogP contribution is -2.40. The van der Waals surface area contributed by atoms with E-state index in [2.05, 4.69) is 10.6 Å². The van der Waals surface area contributed by atoms with Gasteiger partial charge in [0.25, 0.3) is 15.9 Å². The summed E-state index contributed by atoms with van der Waals surface area (Å²) in [5, 5.41) is 5.59. The number of nitrogens with one attached hydrogen (secondary N) is 2. The second-order valence-electron chi connectivity index (χ2n) is 8.79. The van der Waals surface area contributed by atoms with E-state index in [1.165, 1.54) is 0 Å². The molecule has 0 radical (unpaired) electrons. The van der Waals surface area contributed by atoms with Gasteiger partial charge in [0.15, 0.2) is 0 Å². The first-order chi connectivity index (χ1) is 17.8. The minimum atomic E-state index is -3.97. The number of rotatable bonds is 6. The van der Waals surface area contributed by atoms with Gasteiger partial charge in [0.1, 0.15) is 6.54 Å². The Morgan fingerprint density at radius 1 is 0.811 bits per heavy atom. The number of para-hydroxylation sites is 1. The molecule has 0 spiro atoms. The monoisotopic (exact) mass is 511 g/mol. The quantitative estimate of drug-likeness (QED) is 0.391. The molecule has 1 aliphatic rings. The van der Waals surface area contributed by atoms with Crippen molar-refractivity contribution in [3.05, 3.63) is 114 Å². The second kappa shape index (κ2) is 9.91. The normalized spacial score (nSPS) is 13.3. The van der Waals surface area contributed by atoms with Crippen molar-refractivity contribution >= 4 is 33.2 Å². The van der Waals surface area contributed by atoms with Crippen LogP contribution in [0, 0.1) is 6.92 Å². The lowest BCUT2D eigenvalue weighted by molar-refractivity contribution is -0.114. The highest BCUT2D eigenvalue weighted by Gasteiger charge is 2.36. The summed E-state index contributed by atoms with van der Waals surface area (Å²) in [7, 11) is -3.97.